The van der Waals surface area contributed by atoms with Gasteiger partial charge in [0.25, 0.3) is 0 Å². The van der Waals surface area contributed by atoms with Gasteiger partial charge in [-0.3, -0.25) is 0 Å². The SMILES string of the molecule is C=C/C(F)=C(/C)CC. The van der Waals surface area contributed by atoms with E-state index in [2.05, 4.69) is 6.58 Å². The Labute approximate surface area is 49.7 Å². The number of halogens is 1. The van der Waals surface area contributed by atoms with Crippen molar-refractivity contribution in [1.29, 1.82) is 0 Å². The maximum absolute atomic E-state index is 12.3. The third kappa shape index (κ3) is 1.92. The summed E-state index contributed by atoms with van der Waals surface area (Å²) in [6, 6.07) is 0. The molecule has 0 aliphatic heterocycles. The van der Waals surface area contributed by atoms with Gasteiger partial charge in [-0.25, -0.2) is 4.39 Å². The predicted molar refractivity (Wildman–Crippen MR) is 34.3 cm³/mol. The van der Waals surface area contributed by atoms with Crippen molar-refractivity contribution >= 4 is 0 Å². The van der Waals surface area contributed by atoms with E-state index in [1.165, 1.54) is 6.08 Å². The Balaban J connectivity index is 4.03. The summed E-state index contributed by atoms with van der Waals surface area (Å²) in [4.78, 5) is 0. The van der Waals surface area contributed by atoms with Crippen LogP contribution in [-0.4, -0.2) is 0 Å². The second-order valence-electron chi connectivity index (χ2n) is 1.69. The van der Waals surface area contributed by atoms with Crippen molar-refractivity contribution in [3.05, 3.63) is 24.1 Å². The van der Waals surface area contributed by atoms with Crippen molar-refractivity contribution in [2.75, 3.05) is 0 Å². The number of hydrogen-bond acceptors (Lipinski definition) is 0. The predicted octanol–water partition coefficient (Wildman–Crippen LogP) is 2.83. The Morgan fingerprint density at radius 2 is 2.25 bits per heavy atom. The largest absolute Gasteiger partial charge is 0.207 e. The lowest BCUT2D eigenvalue weighted by atomic mass is 10.2. The Bertz CT molecular complexity index is 112. The summed E-state index contributed by atoms with van der Waals surface area (Å²) in [6.45, 7) is 6.97. The zero-order valence-corrected chi connectivity index (χ0v) is 5.37. The molecular weight excluding hydrogens is 103 g/mol. The zero-order chi connectivity index (χ0) is 6.57. The first-order chi connectivity index (χ1) is 3.72. The van der Waals surface area contributed by atoms with E-state index in [0.29, 0.717) is 0 Å². The van der Waals surface area contributed by atoms with Crippen LogP contribution in [-0.2, 0) is 0 Å². The third-order valence-corrected chi connectivity index (χ3v) is 1.12. The highest BCUT2D eigenvalue weighted by Gasteiger charge is 1.90. The first-order valence-electron chi connectivity index (χ1n) is 2.70. The molecule has 46 valence electrons. The number of hydrogen-bond donors (Lipinski definition) is 0. The summed E-state index contributed by atoms with van der Waals surface area (Å²) in [5.74, 6) is -0.187. The lowest BCUT2D eigenvalue weighted by Gasteiger charge is -1.92. The van der Waals surface area contributed by atoms with Gasteiger partial charge in [0.05, 0.1) is 0 Å². The maximum atomic E-state index is 12.3. The van der Waals surface area contributed by atoms with Crippen LogP contribution in [0.15, 0.2) is 24.1 Å². The van der Waals surface area contributed by atoms with E-state index in [-0.39, 0.29) is 5.83 Å². The second kappa shape index (κ2) is 3.42. The van der Waals surface area contributed by atoms with E-state index < -0.39 is 0 Å². The van der Waals surface area contributed by atoms with Gasteiger partial charge in [-0.05, 0) is 25.0 Å². The van der Waals surface area contributed by atoms with Crippen LogP contribution in [0, 0.1) is 0 Å². The van der Waals surface area contributed by atoms with Gasteiger partial charge >= 0.3 is 0 Å². The van der Waals surface area contributed by atoms with E-state index in [9.17, 15) is 4.39 Å². The molecule has 0 rings (SSSR count). The van der Waals surface area contributed by atoms with Crippen LogP contribution in [0.4, 0.5) is 4.39 Å². The van der Waals surface area contributed by atoms with Crippen molar-refractivity contribution in [3.63, 3.8) is 0 Å². The van der Waals surface area contributed by atoms with Gasteiger partial charge in [0, 0.05) is 0 Å². The molecule has 0 saturated carbocycles. The molecule has 1 heteroatoms. The molecule has 0 aromatic carbocycles. The summed E-state index contributed by atoms with van der Waals surface area (Å²) in [7, 11) is 0. The Kier molecular flexibility index (Phi) is 3.16. The molecule has 0 fully saturated rings. The second-order valence-corrected chi connectivity index (χ2v) is 1.69. The number of allylic oxidation sites excluding steroid dienone is 3. The molecule has 0 aliphatic rings. The molecule has 0 aromatic heterocycles. The van der Waals surface area contributed by atoms with Gasteiger partial charge in [0.15, 0.2) is 0 Å². The molecule has 0 aliphatic carbocycles. The van der Waals surface area contributed by atoms with Crippen LogP contribution < -0.4 is 0 Å². The standard InChI is InChI=1S/C7H11F/c1-4-6(3)7(8)5-2/h5H,2,4H2,1,3H3/b7-6+. The van der Waals surface area contributed by atoms with Crippen molar-refractivity contribution < 1.29 is 4.39 Å². The Hall–Kier alpha value is -0.590. The lowest BCUT2D eigenvalue weighted by molar-refractivity contribution is 0.648. The smallest absolute Gasteiger partial charge is 0.121 e. The van der Waals surface area contributed by atoms with Gasteiger partial charge in [-0.1, -0.05) is 13.5 Å². The lowest BCUT2D eigenvalue weighted by Crippen LogP contribution is -1.73. The van der Waals surface area contributed by atoms with E-state index >= 15 is 0 Å². The summed E-state index contributed by atoms with van der Waals surface area (Å²) < 4.78 is 12.3. The van der Waals surface area contributed by atoms with E-state index in [0.717, 1.165) is 12.0 Å². The topological polar surface area (TPSA) is 0 Å². The van der Waals surface area contributed by atoms with E-state index in [4.69, 9.17) is 0 Å². The van der Waals surface area contributed by atoms with E-state index in [1.54, 1.807) is 6.92 Å². The average Bonchev–Trinajstić information content (AvgIpc) is 1.84. The van der Waals surface area contributed by atoms with Crippen LogP contribution in [0.1, 0.15) is 20.3 Å². The monoisotopic (exact) mass is 114 g/mol. The molecule has 0 unspecified atom stereocenters. The third-order valence-electron chi connectivity index (χ3n) is 1.12. The van der Waals surface area contributed by atoms with Crippen molar-refractivity contribution in [3.8, 4) is 0 Å². The quantitative estimate of drug-likeness (QED) is 0.484. The van der Waals surface area contributed by atoms with Crippen molar-refractivity contribution in [2.45, 2.75) is 20.3 Å². The molecule has 0 N–H and O–H groups in total. The first-order valence-corrected chi connectivity index (χ1v) is 2.70. The minimum atomic E-state index is -0.187. The molecule has 0 amide bonds. The molecule has 0 aromatic rings. The van der Waals surface area contributed by atoms with E-state index in [1.807, 2.05) is 6.92 Å². The van der Waals surface area contributed by atoms with Crippen molar-refractivity contribution in [2.24, 2.45) is 0 Å². The van der Waals surface area contributed by atoms with Gasteiger partial charge in [0.2, 0.25) is 0 Å². The minimum Gasteiger partial charge on any atom is -0.207 e. The molecular formula is C7H11F. The molecule has 0 nitrogen and oxygen atoms in total. The summed E-state index contributed by atoms with van der Waals surface area (Å²) in [5.41, 5.74) is 0.764. The maximum Gasteiger partial charge on any atom is 0.121 e. The highest BCUT2D eigenvalue weighted by atomic mass is 19.1. The zero-order valence-electron chi connectivity index (χ0n) is 5.37. The fourth-order valence-corrected chi connectivity index (χ4v) is 0.343. The van der Waals surface area contributed by atoms with Crippen LogP contribution in [0.2, 0.25) is 0 Å². The van der Waals surface area contributed by atoms with Crippen LogP contribution >= 0.6 is 0 Å². The average molecular weight is 114 g/mol. The summed E-state index contributed by atoms with van der Waals surface area (Å²) in [5, 5.41) is 0. The van der Waals surface area contributed by atoms with Gasteiger partial charge < -0.3 is 0 Å². The summed E-state index contributed by atoms with van der Waals surface area (Å²) >= 11 is 0. The first kappa shape index (κ1) is 7.41. The van der Waals surface area contributed by atoms with Gasteiger partial charge in [-0.2, -0.15) is 0 Å². The molecule has 0 atom stereocenters. The molecule has 0 bridgehead atoms. The number of rotatable bonds is 2. The molecule has 0 radical (unpaired) electrons. The Morgan fingerprint density at radius 1 is 1.75 bits per heavy atom. The van der Waals surface area contributed by atoms with Gasteiger partial charge in [0.1, 0.15) is 5.83 Å². The molecule has 0 saturated heterocycles. The highest BCUT2D eigenvalue weighted by molar-refractivity contribution is 5.14. The summed E-state index contributed by atoms with van der Waals surface area (Å²) in [6.07, 6.45) is 2.00. The normalized spacial score (nSPS) is 12.9. The van der Waals surface area contributed by atoms with Crippen LogP contribution in [0.3, 0.4) is 0 Å². The fraction of sp³-hybridized carbons (Fsp3) is 0.429. The van der Waals surface area contributed by atoms with Crippen molar-refractivity contribution in [1.82, 2.24) is 0 Å². The minimum absolute atomic E-state index is 0.187. The van der Waals surface area contributed by atoms with Gasteiger partial charge in [-0.15, -0.1) is 0 Å². The molecule has 8 heavy (non-hydrogen) atoms. The Morgan fingerprint density at radius 3 is 2.38 bits per heavy atom. The molecule has 0 spiro atoms. The van der Waals surface area contributed by atoms with Crippen LogP contribution in [0.25, 0.3) is 0 Å². The molecule has 0 heterocycles. The fourth-order valence-electron chi connectivity index (χ4n) is 0.343. The van der Waals surface area contributed by atoms with Crippen LogP contribution in [0.5, 0.6) is 0 Å². The highest BCUT2D eigenvalue weighted by Crippen LogP contribution is 2.08.